The van der Waals surface area contributed by atoms with Gasteiger partial charge >= 0.3 is 5.97 Å². The minimum absolute atomic E-state index is 0.0136. The highest BCUT2D eigenvalue weighted by molar-refractivity contribution is 5.91. The van der Waals surface area contributed by atoms with Gasteiger partial charge in [-0.3, -0.25) is 9.89 Å². The predicted molar refractivity (Wildman–Crippen MR) is 78.0 cm³/mol. The summed E-state index contributed by atoms with van der Waals surface area (Å²) >= 11 is 0. The number of allylic oxidation sites excluding steroid dienone is 2. The van der Waals surface area contributed by atoms with Crippen molar-refractivity contribution in [3.63, 3.8) is 0 Å². The third-order valence-corrected chi connectivity index (χ3v) is 3.85. The van der Waals surface area contributed by atoms with E-state index in [0.29, 0.717) is 6.61 Å². The van der Waals surface area contributed by atoms with Crippen molar-refractivity contribution >= 4 is 22.4 Å². The summed E-state index contributed by atoms with van der Waals surface area (Å²) in [4.78, 5) is 11.7. The zero-order valence-electron chi connectivity index (χ0n) is 11.6. The van der Waals surface area contributed by atoms with Crippen molar-refractivity contribution in [2.75, 3.05) is 6.61 Å². The fraction of sp³-hybridized carbons (Fsp3) is 0.375. The maximum Gasteiger partial charge on any atom is 0.309 e. The molecule has 0 bridgehead atoms. The van der Waals surface area contributed by atoms with Gasteiger partial charge in [0.15, 0.2) is 0 Å². The number of esters is 1. The average Bonchev–Trinajstić information content (AvgIpc) is 2.96. The molecule has 1 atom stereocenters. The SMILES string of the molecule is CCOC(=O)C1CC=C(c2cccc3cn[nH]c23)CC1. The molecule has 1 unspecified atom stereocenters. The lowest BCUT2D eigenvalue weighted by Crippen LogP contribution is -2.19. The van der Waals surface area contributed by atoms with E-state index in [-0.39, 0.29) is 11.9 Å². The summed E-state index contributed by atoms with van der Waals surface area (Å²) in [7, 11) is 0. The molecule has 0 aliphatic heterocycles. The molecule has 0 saturated carbocycles. The van der Waals surface area contributed by atoms with Crippen LogP contribution in [0, 0.1) is 5.92 Å². The van der Waals surface area contributed by atoms with Crippen molar-refractivity contribution in [1.82, 2.24) is 10.2 Å². The van der Waals surface area contributed by atoms with Gasteiger partial charge in [-0.15, -0.1) is 0 Å². The average molecular weight is 270 g/mol. The van der Waals surface area contributed by atoms with Crippen molar-refractivity contribution in [3.8, 4) is 0 Å². The normalized spacial score (nSPS) is 18.9. The van der Waals surface area contributed by atoms with Gasteiger partial charge in [0.2, 0.25) is 0 Å². The maximum absolute atomic E-state index is 11.7. The first-order valence-electron chi connectivity index (χ1n) is 7.07. The van der Waals surface area contributed by atoms with Crippen LogP contribution in [0.3, 0.4) is 0 Å². The number of nitrogens with one attached hydrogen (secondary N) is 1. The lowest BCUT2D eigenvalue weighted by atomic mass is 9.86. The number of aromatic amines is 1. The van der Waals surface area contributed by atoms with Crippen LogP contribution < -0.4 is 0 Å². The fourth-order valence-corrected chi connectivity index (χ4v) is 2.79. The number of para-hydroxylation sites is 1. The molecule has 1 N–H and O–H groups in total. The van der Waals surface area contributed by atoms with Gasteiger partial charge in [0.1, 0.15) is 0 Å². The standard InChI is InChI=1S/C16H18N2O2/c1-2-20-16(19)12-8-6-11(7-9-12)14-5-3-4-13-10-17-18-15(13)14/h3-6,10,12H,2,7-9H2,1H3,(H,17,18). The highest BCUT2D eigenvalue weighted by Crippen LogP contribution is 2.33. The van der Waals surface area contributed by atoms with Crippen molar-refractivity contribution < 1.29 is 9.53 Å². The van der Waals surface area contributed by atoms with E-state index in [9.17, 15) is 4.79 Å². The van der Waals surface area contributed by atoms with E-state index in [0.717, 1.165) is 30.2 Å². The van der Waals surface area contributed by atoms with E-state index < -0.39 is 0 Å². The van der Waals surface area contributed by atoms with E-state index in [1.165, 1.54) is 11.1 Å². The minimum Gasteiger partial charge on any atom is -0.466 e. The number of fused-ring (bicyclic) bond motifs is 1. The molecule has 1 aromatic heterocycles. The summed E-state index contributed by atoms with van der Waals surface area (Å²) in [6.45, 7) is 2.31. The Morgan fingerprint density at radius 3 is 3.15 bits per heavy atom. The van der Waals surface area contributed by atoms with Gasteiger partial charge in [-0.2, -0.15) is 5.10 Å². The Balaban J connectivity index is 1.83. The minimum atomic E-state index is -0.0671. The third-order valence-electron chi connectivity index (χ3n) is 3.85. The molecule has 0 fully saturated rings. The van der Waals surface area contributed by atoms with Crippen LogP contribution in [0.4, 0.5) is 0 Å². The summed E-state index contributed by atoms with van der Waals surface area (Å²) in [6, 6.07) is 6.20. The monoisotopic (exact) mass is 270 g/mol. The summed E-state index contributed by atoms with van der Waals surface area (Å²) in [5, 5.41) is 8.28. The number of carbonyl (C=O) groups excluding carboxylic acids is 1. The highest BCUT2D eigenvalue weighted by Gasteiger charge is 2.23. The molecule has 0 amide bonds. The largest absolute Gasteiger partial charge is 0.466 e. The van der Waals surface area contributed by atoms with Gasteiger partial charge < -0.3 is 4.74 Å². The molecule has 0 spiro atoms. The predicted octanol–water partition coefficient (Wildman–Crippen LogP) is 3.31. The molecule has 4 nitrogen and oxygen atoms in total. The first-order chi connectivity index (χ1) is 9.79. The second-order valence-corrected chi connectivity index (χ2v) is 5.09. The Bertz CT molecular complexity index is 657. The van der Waals surface area contributed by atoms with Crippen LogP contribution in [0.5, 0.6) is 0 Å². The molecule has 1 aromatic carbocycles. The quantitative estimate of drug-likeness (QED) is 0.870. The lowest BCUT2D eigenvalue weighted by Gasteiger charge is -2.20. The van der Waals surface area contributed by atoms with Crippen molar-refractivity contribution in [3.05, 3.63) is 36.0 Å². The Kier molecular flexibility index (Phi) is 3.54. The topological polar surface area (TPSA) is 55.0 Å². The first-order valence-corrected chi connectivity index (χ1v) is 7.07. The number of hydrogen-bond donors (Lipinski definition) is 1. The Morgan fingerprint density at radius 1 is 1.50 bits per heavy atom. The van der Waals surface area contributed by atoms with E-state index in [2.05, 4.69) is 22.3 Å². The maximum atomic E-state index is 11.7. The number of aromatic nitrogens is 2. The van der Waals surface area contributed by atoms with Gasteiger partial charge in [0.25, 0.3) is 0 Å². The van der Waals surface area contributed by atoms with Crippen molar-refractivity contribution in [2.24, 2.45) is 5.92 Å². The van der Waals surface area contributed by atoms with Crippen LogP contribution in [0.2, 0.25) is 0 Å². The van der Waals surface area contributed by atoms with Crippen LogP contribution in [0.15, 0.2) is 30.5 Å². The van der Waals surface area contributed by atoms with Gasteiger partial charge in [-0.05, 0) is 31.8 Å². The number of nitrogens with zero attached hydrogens (tertiary/aromatic N) is 1. The molecule has 0 saturated heterocycles. The van der Waals surface area contributed by atoms with E-state index in [1.807, 2.05) is 25.3 Å². The van der Waals surface area contributed by atoms with Gasteiger partial charge in [-0.1, -0.05) is 24.3 Å². The van der Waals surface area contributed by atoms with E-state index in [4.69, 9.17) is 4.74 Å². The van der Waals surface area contributed by atoms with E-state index >= 15 is 0 Å². The molecule has 104 valence electrons. The van der Waals surface area contributed by atoms with Gasteiger partial charge in [0.05, 0.1) is 24.2 Å². The van der Waals surface area contributed by atoms with Gasteiger partial charge in [-0.25, -0.2) is 0 Å². The Morgan fingerprint density at radius 2 is 2.40 bits per heavy atom. The Labute approximate surface area is 117 Å². The van der Waals surface area contributed by atoms with Crippen LogP contribution in [-0.4, -0.2) is 22.8 Å². The second kappa shape index (κ2) is 5.49. The fourth-order valence-electron chi connectivity index (χ4n) is 2.79. The first kappa shape index (κ1) is 12.9. The molecule has 0 radical (unpaired) electrons. The molecular weight excluding hydrogens is 252 g/mol. The van der Waals surface area contributed by atoms with Crippen molar-refractivity contribution in [1.29, 1.82) is 0 Å². The van der Waals surface area contributed by atoms with Crippen LogP contribution in [0.1, 0.15) is 31.7 Å². The molecular formula is C16H18N2O2. The molecule has 1 heterocycles. The molecule has 1 aliphatic carbocycles. The summed E-state index contributed by atoms with van der Waals surface area (Å²) in [6.07, 6.45) is 6.53. The molecule has 4 heteroatoms. The van der Waals surface area contributed by atoms with Crippen molar-refractivity contribution in [2.45, 2.75) is 26.2 Å². The number of H-pyrrole nitrogens is 1. The zero-order chi connectivity index (χ0) is 13.9. The number of benzene rings is 1. The second-order valence-electron chi connectivity index (χ2n) is 5.09. The van der Waals surface area contributed by atoms with Gasteiger partial charge in [0, 0.05) is 10.9 Å². The molecule has 2 aromatic rings. The smallest absolute Gasteiger partial charge is 0.309 e. The number of ether oxygens (including phenoxy) is 1. The molecule has 3 rings (SSSR count). The lowest BCUT2D eigenvalue weighted by molar-refractivity contribution is -0.148. The third kappa shape index (κ3) is 2.33. The highest BCUT2D eigenvalue weighted by atomic mass is 16.5. The summed E-state index contributed by atoms with van der Waals surface area (Å²) in [5.74, 6) is -0.0535. The summed E-state index contributed by atoms with van der Waals surface area (Å²) < 4.78 is 5.10. The zero-order valence-corrected chi connectivity index (χ0v) is 11.6. The Hall–Kier alpha value is -2.10. The van der Waals surface area contributed by atoms with Crippen LogP contribution in [-0.2, 0) is 9.53 Å². The van der Waals surface area contributed by atoms with E-state index in [1.54, 1.807) is 0 Å². The number of rotatable bonds is 3. The number of hydrogen-bond acceptors (Lipinski definition) is 3. The number of carbonyl (C=O) groups is 1. The molecule has 20 heavy (non-hydrogen) atoms. The summed E-state index contributed by atoms with van der Waals surface area (Å²) in [5.41, 5.74) is 3.57. The van der Waals surface area contributed by atoms with Crippen LogP contribution >= 0.6 is 0 Å². The molecule has 1 aliphatic rings. The van der Waals surface area contributed by atoms with Crippen LogP contribution in [0.25, 0.3) is 16.5 Å².